The summed E-state index contributed by atoms with van der Waals surface area (Å²) in [7, 11) is -0.656. The van der Waals surface area contributed by atoms with Crippen molar-refractivity contribution in [2.45, 2.75) is 154 Å². The highest BCUT2D eigenvalue weighted by Crippen LogP contribution is 2.41. The van der Waals surface area contributed by atoms with Crippen molar-refractivity contribution in [1.29, 1.82) is 0 Å². The Kier molecular flexibility index (Phi) is 13.4. The highest BCUT2D eigenvalue weighted by atomic mass is 32.2. The lowest BCUT2D eigenvalue weighted by Crippen LogP contribution is -2.64. The predicted octanol–water partition coefficient (Wildman–Crippen LogP) is 3.22. The lowest BCUT2D eigenvalue weighted by atomic mass is 9.70. The van der Waals surface area contributed by atoms with E-state index < -0.39 is 62.7 Å². The van der Waals surface area contributed by atoms with Crippen molar-refractivity contribution in [3.8, 4) is 0 Å². The molecule has 3 aliphatic carbocycles. The maximum Gasteiger partial charge on any atom is 0.315 e. The van der Waals surface area contributed by atoms with Gasteiger partial charge in [-0.3, -0.25) is 19.2 Å². The summed E-state index contributed by atoms with van der Waals surface area (Å²) in [5, 5.41) is 11.6. The lowest BCUT2D eigenvalue weighted by molar-refractivity contribution is -0.145. The number of Topliss-reactive ketones (excluding diaryl/α,β-unsaturated/α-hetero) is 1. The molecule has 1 saturated heterocycles. The third kappa shape index (κ3) is 9.77. The van der Waals surface area contributed by atoms with Crippen LogP contribution in [-0.4, -0.2) is 103 Å². The molecule has 0 spiro atoms. The number of urea groups is 1. The fraction of sp³-hybridized carbons (Fsp3) is 0.861. The number of nitrogens with one attached hydrogen (secondary N) is 4. The third-order valence-electron chi connectivity index (χ3n) is 11.6. The number of carbonyl (C=O) groups excluding carboxylic acids is 5. The molecule has 4 atom stereocenters. The van der Waals surface area contributed by atoms with Gasteiger partial charge in [-0.2, -0.15) is 0 Å². The van der Waals surface area contributed by atoms with E-state index in [1.165, 1.54) is 18.4 Å². The molecule has 4 rings (SSSR count). The molecule has 0 aromatic heterocycles. The Hall–Kier alpha value is -2.74. The van der Waals surface area contributed by atoms with Crippen molar-refractivity contribution in [1.82, 2.24) is 30.5 Å². The van der Waals surface area contributed by atoms with Gasteiger partial charge in [0.05, 0.1) is 17.3 Å². The maximum atomic E-state index is 14.8. The number of nitrogens with zero attached hydrogens (tertiary/aromatic N) is 2. The zero-order valence-corrected chi connectivity index (χ0v) is 32.0. The summed E-state index contributed by atoms with van der Waals surface area (Å²) in [6, 6.07) is -3.41. The molecule has 3 saturated carbocycles. The van der Waals surface area contributed by atoms with Gasteiger partial charge >= 0.3 is 6.03 Å². The predicted molar refractivity (Wildman–Crippen MR) is 191 cm³/mol. The molecule has 1 aliphatic heterocycles. The summed E-state index contributed by atoms with van der Waals surface area (Å²) < 4.78 is 27.2. The molecule has 4 fully saturated rings. The quantitative estimate of drug-likeness (QED) is 0.188. The molecule has 0 radical (unpaired) electrons. The normalized spacial score (nSPS) is 24.7. The summed E-state index contributed by atoms with van der Waals surface area (Å²) in [6.45, 7) is 8.23. The monoisotopic (exact) mass is 722 g/mol. The first-order valence-electron chi connectivity index (χ1n) is 19.0. The number of ketones is 1. The van der Waals surface area contributed by atoms with Gasteiger partial charge in [-0.25, -0.2) is 17.5 Å². The topological polar surface area (TPSA) is 174 Å². The van der Waals surface area contributed by atoms with Crippen LogP contribution in [0.3, 0.4) is 0 Å². The summed E-state index contributed by atoms with van der Waals surface area (Å²) in [4.78, 5) is 70.4. The molecule has 0 aromatic carbocycles. The largest absolute Gasteiger partial charge is 0.347 e. The fourth-order valence-corrected chi connectivity index (χ4v) is 9.64. The minimum Gasteiger partial charge on any atom is -0.347 e. The van der Waals surface area contributed by atoms with Crippen LogP contribution >= 0.6 is 0 Å². The van der Waals surface area contributed by atoms with E-state index in [1.54, 1.807) is 4.90 Å². The SMILES string of the molecule is CCC[C@H](NC(=O)[C@@H]1[C@@H](C(C)C)CCN1C(=O)[C@@H](NC(=O)NC1(CS(=O)(=O)N(C)C)CCCCC1)C1(C)CCCCC1)C(=O)C(=O)NC1CC1. The second-order valence-electron chi connectivity index (χ2n) is 16.3. The molecule has 0 unspecified atom stereocenters. The zero-order valence-electron chi connectivity index (χ0n) is 31.1. The van der Waals surface area contributed by atoms with E-state index in [0.717, 1.165) is 51.4 Å². The van der Waals surface area contributed by atoms with Crippen LogP contribution in [-0.2, 0) is 29.2 Å². The first-order valence-corrected chi connectivity index (χ1v) is 20.6. The van der Waals surface area contributed by atoms with Crippen LogP contribution in [0.1, 0.15) is 124 Å². The molecule has 0 aromatic rings. The highest BCUT2D eigenvalue weighted by molar-refractivity contribution is 7.89. The summed E-state index contributed by atoms with van der Waals surface area (Å²) >= 11 is 0. The Bertz CT molecular complexity index is 1350. The van der Waals surface area contributed by atoms with Crippen LogP contribution in [0.4, 0.5) is 4.79 Å². The van der Waals surface area contributed by atoms with Gasteiger partial charge < -0.3 is 26.2 Å². The summed E-state index contributed by atoms with van der Waals surface area (Å²) in [6.07, 6.45) is 10.9. The van der Waals surface area contributed by atoms with E-state index >= 15 is 0 Å². The molecule has 14 heteroatoms. The van der Waals surface area contributed by atoms with E-state index in [1.807, 2.05) is 27.7 Å². The van der Waals surface area contributed by atoms with Gasteiger partial charge in [0.2, 0.25) is 27.6 Å². The summed E-state index contributed by atoms with van der Waals surface area (Å²) in [5.74, 6) is -2.55. The van der Waals surface area contributed by atoms with Crippen molar-refractivity contribution >= 4 is 39.6 Å². The van der Waals surface area contributed by atoms with Gasteiger partial charge in [-0.1, -0.05) is 72.6 Å². The van der Waals surface area contributed by atoms with Crippen LogP contribution in [0.25, 0.3) is 0 Å². The second kappa shape index (κ2) is 16.7. The van der Waals surface area contributed by atoms with Crippen LogP contribution in [0.5, 0.6) is 0 Å². The molecular formula is C36H62N6O7S. The molecule has 5 amide bonds. The van der Waals surface area contributed by atoms with Crippen LogP contribution in [0.15, 0.2) is 0 Å². The average molecular weight is 723 g/mol. The number of carbonyl (C=O) groups is 5. The maximum absolute atomic E-state index is 14.8. The number of amides is 5. The van der Waals surface area contributed by atoms with Crippen LogP contribution in [0.2, 0.25) is 0 Å². The van der Waals surface area contributed by atoms with Crippen molar-refractivity contribution < 1.29 is 32.4 Å². The van der Waals surface area contributed by atoms with Gasteiger partial charge in [0, 0.05) is 26.7 Å². The molecule has 284 valence electrons. The van der Waals surface area contributed by atoms with Crippen LogP contribution < -0.4 is 21.3 Å². The minimum absolute atomic E-state index is 0.00542. The first-order chi connectivity index (χ1) is 23.5. The zero-order chi connectivity index (χ0) is 36.9. The van der Waals surface area contributed by atoms with Gasteiger partial charge in [0.15, 0.2) is 0 Å². The van der Waals surface area contributed by atoms with Gasteiger partial charge in [0.1, 0.15) is 12.1 Å². The minimum atomic E-state index is -3.63. The smallest absolute Gasteiger partial charge is 0.315 e. The number of sulfonamides is 1. The fourth-order valence-electron chi connectivity index (χ4n) is 8.32. The Morgan fingerprint density at radius 1 is 0.880 bits per heavy atom. The summed E-state index contributed by atoms with van der Waals surface area (Å²) in [5.41, 5.74) is -1.54. The number of likely N-dealkylation sites (tertiary alicyclic amines) is 1. The van der Waals surface area contributed by atoms with Gasteiger partial charge in [-0.05, 0) is 68.6 Å². The standard InChI is InChI=1S/C36H62N6O7S/c1-7-14-27(29(43)32(45)37-25-15-16-25)38-31(44)28-26(24(2)3)17-22-42(28)33(46)30(35(4)18-10-8-11-19-35)39-34(47)40-36(20-12-9-13-21-36)23-50(48,49)41(5)6/h24-28,30H,7-23H2,1-6H3,(H,37,45)(H,38,44)(H2,39,40,47)/t26-,27+,28+,30-/m1/s1. The molecule has 4 N–H and O–H groups in total. The van der Waals surface area contributed by atoms with E-state index in [9.17, 15) is 32.4 Å². The van der Waals surface area contributed by atoms with Crippen LogP contribution in [0, 0.1) is 17.3 Å². The Morgan fingerprint density at radius 2 is 1.48 bits per heavy atom. The molecule has 1 heterocycles. The molecule has 13 nitrogen and oxygen atoms in total. The van der Waals surface area contributed by atoms with E-state index in [4.69, 9.17) is 0 Å². The highest BCUT2D eigenvalue weighted by Gasteiger charge is 2.50. The Morgan fingerprint density at radius 3 is 2.02 bits per heavy atom. The number of hydrogen-bond donors (Lipinski definition) is 4. The van der Waals surface area contributed by atoms with E-state index in [0.29, 0.717) is 51.5 Å². The Labute approximate surface area is 299 Å². The average Bonchev–Trinajstić information content (AvgIpc) is 3.75. The third-order valence-corrected chi connectivity index (χ3v) is 13.6. The first kappa shape index (κ1) is 40.0. The van der Waals surface area contributed by atoms with Gasteiger partial charge in [-0.15, -0.1) is 0 Å². The van der Waals surface area contributed by atoms with Crippen molar-refractivity contribution in [3.63, 3.8) is 0 Å². The van der Waals surface area contributed by atoms with Crippen molar-refractivity contribution in [3.05, 3.63) is 0 Å². The molecule has 0 bridgehead atoms. The van der Waals surface area contributed by atoms with Crippen molar-refractivity contribution in [2.75, 3.05) is 26.4 Å². The number of hydrogen-bond acceptors (Lipinski definition) is 7. The second-order valence-corrected chi connectivity index (χ2v) is 18.4. The van der Waals surface area contributed by atoms with E-state index in [2.05, 4.69) is 21.3 Å². The number of rotatable bonds is 15. The lowest BCUT2D eigenvalue weighted by Gasteiger charge is -2.44. The Balaban J connectivity index is 1.60. The van der Waals surface area contributed by atoms with Crippen molar-refractivity contribution in [2.24, 2.45) is 17.3 Å². The molecular weight excluding hydrogens is 660 g/mol. The van der Waals surface area contributed by atoms with Gasteiger partial charge in [0.25, 0.3) is 5.91 Å². The molecule has 50 heavy (non-hydrogen) atoms. The van der Waals surface area contributed by atoms with E-state index in [-0.39, 0.29) is 29.5 Å². The molecule has 4 aliphatic rings.